The van der Waals surface area contributed by atoms with Gasteiger partial charge in [0, 0.05) is 37.9 Å². The van der Waals surface area contributed by atoms with Crippen molar-refractivity contribution in [3.63, 3.8) is 0 Å². The van der Waals surface area contributed by atoms with E-state index in [9.17, 15) is 9.59 Å². The van der Waals surface area contributed by atoms with Gasteiger partial charge < -0.3 is 14.5 Å². The molecule has 2 saturated heterocycles. The molecule has 3 aliphatic heterocycles. The van der Waals surface area contributed by atoms with Gasteiger partial charge in [-0.3, -0.25) is 14.3 Å². The number of aryl methyl sites for hydroxylation is 1. The van der Waals surface area contributed by atoms with E-state index >= 15 is 0 Å². The number of nitrogens with zero attached hydrogens (tertiary/aromatic N) is 4. The van der Waals surface area contributed by atoms with Crippen LogP contribution in [0.2, 0.25) is 0 Å². The Hall–Kier alpha value is -2.15. The van der Waals surface area contributed by atoms with Crippen LogP contribution >= 0.6 is 0 Å². The van der Waals surface area contributed by atoms with Crippen molar-refractivity contribution < 1.29 is 14.3 Å². The zero-order chi connectivity index (χ0) is 21.0. The molecule has 3 fully saturated rings. The van der Waals surface area contributed by atoms with Crippen molar-refractivity contribution in [3.8, 4) is 0 Å². The highest BCUT2D eigenvalue weighted by atomic mass is 16.5. The minimum atomic E-state index is -0.613. The molecule has 1 spiro atoms. The summed E-state index contributed by atoms with van der Waals surface area (Å²) in [4.78, 5) is 31.2. The van der Waals surface area contributed by atoms with Crippen molar-refractivity contribution in [1.29, 1.82) is 0 Å². The van der Waals surface area contributed by atoms with E-state index < -0.39 is 11.5 Å². The number of hydrogen-bond acceptors (Lipinski definition) is 4. The lowest BCUT2D eigenvalue weighted by Gasteiger charge is -2.30. The number of rotatable bonds is 8. The van der Waals surface area contributed by atoms with Crippen molar-refractivity contribution in [3.05, 3.63) is 30.1 Å². The van der Waals surface area contributed by atoms with Crippen LogP contribution in [0.5, 0.6) is 0 Å². The van der Waals surface area contributed by atoms with Crippen LogP contribution in [-0.2, 0) is 27.9 Å². The molecule has 2 amide bonds. The molecule has 7 nitrogen and oxygen atoms in total. The van der Waals surface area contributed by atoms with Crippen molar-refractivity contribution in [2.75, 3.05) is 13.1 Å². The summed E-state index contributed by atoms with van der Waals surface area (Å²) in [5.74, 6) is -0.131. The summed E-state index contributed by atoms with van der Waals surface area (Å²) in [5, 5.41) is 4.24. The second kappa shape index (κ2) is 7.22. The third kappa shape index (κ3) is 3.09. The first kappa shape index (κ1) is 19.8. The maximum absolute atomic E-state index is 13.8. The van der Waals surface area contributed by atoms with Gasteiger partial charge in [0.15, 0.2) is 0 Å². The molecule has 1 aromatic rings. The van der Waals surface area contributed by atoms with Crippen LogP contribution in [0, 0.1) is 17.8 Å². The van der Waals surface area contributed by atoms with Gasteiger partial charge in [0.25, 0.3) is 0 Å². The summed E-state index contributed by atoms with van der Waals surface area (Å²) in [7, 11) is 1.89. The van der Waals surface area contributed by atoms with Crippen LogP contribution in [0.15, 0.2) is 24.5 Å². The predicted octanol–water partition coefficient (Wildman–Crippen LogP) is 2.13. The molecule has 1 aliphatic carbocycles. The summed E-state index contributed by atoms with van der Waals surface area (Å²) in [6.45, 7) is 6.24. The molecule has 1 aromatic heterocycles. The van der Waals surface area contributed by atoms with Crippen molar-refractivity contribution in [2.24, 2.45) is 24.8 Å². The lowest BCUT2D eigenvalue weighted by Crippen LogP contribution is -2.46. The number of likely N-dealkylation sites (tertiary alicyclic amines) is 1. The van der Waals surface area contributed by atoms with Gasteiger partial charge in [-0.25, -0.2) is 0 Å². The Morgan fingerprint density at radius 2 is 2.13 bits per heavy atom. The number of fused-ring (bicyclic) bond motifs is 1. The molecule has 0 radical (unpaired) electrons. The number of aromatic nitrogens is 2. The summed E-state index contributed by atoms with van der Waals surface area (Å²) in [5.41, 5.74) is 0.414. The molecule has 4 aliphatic rings. The first-order valence-electron chi connectivity index (χ1n) is 11.4. The highest BCUT2D eigenvalue weighted by molar-refractivity contribution is 5.93. The smallest absolute Gasteiger partial charge is 0.230 e. The highest BCUT2D eigenvalue weighted by Crippen LogP contribution is 2.53. The van der Waals surface area contributed by atoms with Gasteiger partial charge >= 0.3 is 0 Å². The van der Waals surface area contributed by atoms with E-state index in [1.54, 1.807) is 4.68 Å². The summed E-state index contributed by atoms with van der Waals surface area (Å²) in [6.07, 6.45) is 11.7. The molecule has 1 saturated carbocycles. The molecule has 7 heteroatoms. The maximum atomic E-state index is 13.8. The summed E-state index contributed by atoms with van der Waals surface area (Å²) in [6, 6.07) is 0.272. The van der Waals surface area contributed by atoms with Crippen molar-refractivity contribution in [1.82, 2.24) is 19.6 Å². The molecule has 4 heterocycles. The monoisotopic (exact) mass is 412 g/mol. The third-order valence-electron chi connectivity index (χ3n) is 7.48. The zero-order valence-corrected chi connectivity index (χ0v) is 18.2. The molecule has 0 aromatic carbocycles. The van der Waals surface area contributed by atoms with Crippen LogP contribution in [-0.4, -0.2) is 62.2 Å². The fraction of sp³-hybridized carbons (Fsp3) is 0.696. The van der Waals surface area contributed by atoms with E-state index in [2.05, 4.69) is 25.0 Å². The molecule has 0 N–H and O–H groups in total. The Morgan fingerprint density at radius 3 is 2.77 bits per heavy atom. The van der Waals surface area contributed by atoms with E-state index in [1.165, 1.54) is 0 Å². The second-order valence-electron chi connectivity index (χ2n) is 9.52. The standard InChI is InChI=1S/C23H32N4O3/c1-4-15(5-2)12-26-14-23-9-8-18(30-23)19(20(23)22(26)29)21(28)27(17-6-7-17)13-16-10-24-25(3)11-16/h8-11,15,17-20H,4-7,12-14H2,1-3H3/t18-,19?,20?,23-/m0/s1. The number of carbonyl (C=O) groups excluding carboxylic acids is 2. The van der Waals surface area contributed by atoms with Crippen LogP contribution in [0.25, 0.3) is 0 Å². The average molecular weight is 413 g/mol. The van der Waals surface area contributed by atoms with Gasteiger partial charge in [-0.15, -0.1) is 0 Å². The quantitative estimate of drug-likeness (QED) is 0.614. The lowest BCUT2D eigenvalue weighted by atomic mass is 9.76. The van der Waals surface area contributed by atoms with E-state index in [-0.39, 0.29) is 29.9 Å². The normalized spacial score (nSPS) is 31.8. The summed E-state index contributed by atoms with van der Waals surface area (Å²) < 4.78 is 8.10. The number of hydrogen-bond donors (Lipinski definition) is 0. The third-order valence-corrected chi connectivity index (χ3v) is 7.48. The first-order valence-corrected chi connectivity index (χ1v) is 11.4. The second-order valence-corrected chi connectivity index (χ2v) is 9.52. The van der Waals surface area contributed by atoms with Gasteiger partial charge in [0.1, 0.15) is 5.60 Å². The minimum absolute atomic E-state index is 0.0697. The van der Waals surface area contributed by atoms with Crippen LogP contribution in [0.4, 0.5) is 0 Å². The van der Waals surface area contributed by atoms with E-state index in [1.807, 2.05) is 35.3 Å². The molecular weight excluding hydrogens is 380 g/mol. The van der Waals surface area contributed by atoms with E-state index in [0.717, 1.165) is 37.8 Å². The molecule has 2 unspecified atom stereocenters. The van der Waals surface area contributed by atoms with Crippen LogP contribution in [0.3, 0.4) is 0 Å². The molecule has 2 bridgehead atoms. The fourth-order valence-electron chi connectivity index (χ4n) is 5.59. The number of carbonyl (C=O) groups is 2. The average Bonchev–Trinajstić information content (AvgIpc) is 3.11. The Bertz CT molecular complexity index is 872. The van der Waals surface area contributed by atoms with Crippen molar-refractivity contribution >= 4 is 11.8 Å². The van der Waals surface area contributed by atoms with Gasteiger partial charge in [0.2, 0.25) is 11.8 Å². The first-order chi connectivity index (χ1) is 14.5. The van der Waals surface area contributed by atoms with E-state index in [4.69, 9.17) is 4.74 Å². The predicted molar refractivity (Wildman–Crippen MR) is 111 cm³/mol. The van der Waals surface area contributed by atoms with Gasteiger partial charge in [0.05, 0.1) is 30.7 Å². The molecular formula is C23H32N4O3. The number of amides is 2. The number of ether oxygens (including phenoxy) is 1. The fourth-order valence-corrected chi connectivity index (χ4v) is 5.59. The highest BCUT2D eigenvalue weighted by Gasteiger charge is 2.67. The Morgan fingerprint density at radius 1 is 1.37 bits per heavy atom. The maximum Gasteiger partial charge on any atom is 0.230 e. The lowest BCUT2D eigenvalue weighted by molar-refractivity contribution is -0.144. The molecule has 162 valence electrons. The van der Waals surface area contributed by atoms with Gasteiger partial charge in [-0.05, 0) is 18.8 Å². The van der Waals surface area contributed by atoms with Gasteiger partial charge in [-0.2, -0.15) is 5.10 Å². The molecule has 4 atom stereocenters. The topological polar surface area (TPSA) is 67.7 Å². The Balaban J connectivity index is 1.38. The van der Waals surface area contributed by atoms with Crippen molar-refractivity contribution in [2.45, 2.75) is 63.8 Å². The van der Waals surface area contributed by atoms with Crippen LogP contribution < -0.4 is 0 Å². The summed E-state index contributed by atoms with van der Waals surface area (Å²) >= 11 is 0. The Kier molecular flexibility index (Phi) is 4.76. The SMILES string of the molecule is CCC(CC)CN1C[C@]23C=C[C@H](O2)C(C(=O)N(Cc2cnn(C)c2)C2CC2)C3C1=O. The van der Waals surface area contributed by atoms with Gasteiger partial charge in [-0.1, -0.05) is 38.8 Å². The zero-order valence-electron chi connectivity index (χ0n) is 18.2. The van der Waals surface area contributed by atoms with E-state index in [0.29, 0.717) is 19.0 Å². The minimum Gasteiger partial charge on any atom is -0.360 e. The molecule has 5 rings (SSSR count). The van der Waals surface area contributed by atoms with Crippen LogP contribution in [0.1, 0.15) is 45.1 Å². The largest absolute Gasteiger partial charge is 0.360 e. The molecule has 30 heavy (non-hydrogen) atoms. The Labute approximate surface area is 178 Å².